The quantitative estimate of drug-likeness (QED) is 0.429. The number of hydrogen-bond donors (Lipinski definition) is 1. The monoisotopic (exact) mass is 333 g/mol. The number of carbonyl (C=O) groups is 2. The van der Waals surface area contributed by atoms with Crippen LogP contribution in [-0.4, -0.2) is 29.9 Å². The number of nitrogens with one attached hydrogen (secondary N) is 1. The van der Waals surface area contributed by atoms with E-state index in [2.05, 4.69) is 17.4 Å². The van der Waals surface area contributed by atoms with Crippen LogP contribution < -0.4 is 5.32 Å². The van der Waals surface area contributed by atoms with Gasteiger partial charge in [-0.05, 0) is 43.1 Å². The third-order valence-electron chi connectivity index (χ3n) is 3.21. The summed E-state index contributed by atoms with van der Waals surface area (Å²) in [5, 5.41) is 2.86. The summed E-state index contributed by atoms with van der Waals surface area (Å²) in [6.07, 6.45) is 3.76. The maximum absolute atomic E-state index is 12.0. The standard InChI is InChI=1S/C18H23NO3S/c1-14(7-6-10-16-8-4-3-5-9-16)17(21)13-18(23)22-12-11-19-15(2)20/h3-5,7-9H,6,10-13H2,1-2H3,(H,19,20)/b14-7+. The smallest absolute Gasteiger partial charge is 0.216 e. The Labute approximate surface area is 142 Å². The zero-order chi connectivity index (χ0) is 17.1. The second-order valence-corrected chi connectivity index (χ2v) is 5.67. The van der Waals surface area contributed by atoms with Crippen LogP contribution >= 0.6 is 12.2 Å². The van der Waals surface area contributed by atoms with Crippen molar-refractivity contribution in [2.75, 3.05) is 13.2 Å². The van der Waals surface area contributed by atoms with Gasteiger partial charge in [-0.3, -0.25) is 9.59 Å². The molecule has 0 unspecified atom stereocenters. The molecule has 4 nitrogen and oxygen atoms in total. The van der Waals surface area contributed by atoms with Crippen LogP contribution in [-0.2, 0) is 20.7 Å². The van der Waals surface area contributed by atoms with Crippen molar-refractivity contribution in [3.05, 3.63) is 47.5 Å². The van der Waals surface area contributed by atoms with Gasteiger partial charge in [-0.2, -0.15) is 0 Å². The number of thiocarbonyl (C=S) groups is 1. The largest absolute Gasteiger partial charge is 0.485 e. The van der Waals surface area contributed by atoms with Gasteiger partial charge < -0.3 is 10.1 Å². The number of rotatable bonds is 9. The van der Waals surface area contributed by atoms with Crippen molar-refractivity contribution in [2.45, 2.75) is 33.1 Å². The van der Waals surface area contributed by atoms with Crippen LogP contribution in [0.1, 0.15) is 32.3 Å². The van der Waals surface area contributed by atoms with Gasteiger partial charge in [0.05, 0.1) is 13.0 Å². The molecule has 0 aliphatic rings. The molecule has 23 heavy (non-hydrogen) atoms. The molecule has 0 spiro atoms. The fraction of sp³-hybridized carbons (Fsp3) is 0.389. The highest BCUT2D eigenvalue weighted by atomic mass is 32.1. The van der Waals surface area contributed by atoms with Crippen molar-refractivity contribution in [3.8, 4) is 0 Å². The highest BCUT2D eigenvalue weighted by Gasteiger charge is 2.09. The number of allylic oxidation sites excluding steroid dienone is 2. The van der Waals surface area contributed by atoms with E-state index in [1.54, 1.807) is 6.92 Å². The molecule has 0 aliphatic carbocycles. The number of Topliss-reactive ketones (excluding diaryl/α,β-unsaturated/α-hetero) is 1. The minimum Gasteiger partial charge on any atom is -0.485 e. The normalized spacial score (nSPS) is 11.0. The molecule has 0 heterocycles. The first-order valence-electron chi connectivity index (χ1n) is 7.63. The van der Waals surface area contributed by atoms with Crippen molar-refractivity contribution < 1.29 is 14.3 Å². The Balaban J connectivity index is 2.28. The van der Waals surface area contributed by atoms with Crippen molar-refractivity contribution in [2.24, 2.45) is 0 Å². The minimum absolute atomic E-state index is 0.0254. The Hall–Kier alpha value is -2.01. The summed E-state index contributed by atoms with van der Waals surface area (Å²) in [6, 6.07) is 10.1. The number of carbonyl (C=O) groups excluding carboxylic acids is 2. The number of ketones is 1. The molecular weight excluding hydrogens is 310 g/mol. The van der Waals surface area contributed by atoms with Gasteiger partial charge in [0.15, 0.2) is 10.8 Å². The maximum Gasteiger partial charge on any atom is 0.216 e. The van der Waals surface area contributed by atoms with E-state index < -0.39 is 0 Å². The van der Waals surface area contributed by atoms with Crippen LogP contribution in [0.15, 0.2) is 42.0 Å². The molecule has 1 aromatic rings. The Morgan fingerprint density at radius 1 is 1.22 bits per heavy atom. The van der Waals surface area contributed by atoms with E-state index in [1.165, 1.54) is 12.5 Å². The van der Waals surface area contributed by atoms with Gasteiger partial charge >= 0.3 is 0 Å². The molecule has 0 radical (unpaired) electrons. The summed E-state index contributed by atoms with van der Waals surface area (Å²) in [5.74, 6) is -0.143. The summed E-state index contributed by atoms with van der Waals surface area (Å²) < 4.78 is 5.26. The molecule has 0 saturated carbocycles. The lowest BCUT2D eigenvalue weighted by atomic mass is 10.1. The van der Waals surface area contributed by atoms with Gasteiger partial charge in [0.1, 0.15) is 6.61 Å². The van der Waals surface area contributed by atoms with Crippen LogP contribution in [0.3, 0.4) is 0 Å². The summed E-state index contributed by atoms with van der Waals surface area (Å²) in [7, 11) is 0. The Morgan fingerprint density at radius 3 is 2.57 bits per heavy atom. The SMILES string of the molecule is CC(=O)NCCOC(=S)CC(=O)/C(C)=C/CCc1ccccc1. The lowest BCUT2D eigenvalue weighted by Gasteiger charge is -2.07. The second kappa shape index (κ2) is 10.7. The van der Waals surface area contributed by atoms with Crippen molar-refractivity contribution >= 4 is 29.0 Å². The molecule has 1 rings (SSSR count). The molecule has 5 heteroatoms. The van der Waals surface area contributed by atoms with Gasteiger partial charge in [-0.25, -0.2) is 0 Å². The molecule has 0 aliphatic heterocycles. The molecule has 1 amide bonds. The zero-order valence-corrected chi connectivity index (χ0v) is 14.4. The van der Waals surface area contributed by atoms with E-state index in [0.29, 0.717) is 12.1 Å². The van der Waals surface area contributed by atoms with Crippen molar-refractivity contribution in [3.63, 3.8) is 0 Å². The molecule has 1 aromatic carbocycles. The highest BCUT2D eigenvalue weighted by molar-refractivity contribution is 7.80. The van der Waals surface area contributed by atoms with Crippen molar-refractivity contribution in [1.82, 2.24) is 5.32 Å². The van der Waals surface area contributed by atoms with Gasteiger partial charge in [0, 0.05) is 6.92 Å². The van der Waals surface area contributed by atoms with E-state index >= 15 is 0 Å². The third-order valence-corrected chi connectivity index (χ3v) is 3.47. The number of aryl methyl sites for hydroxylation is 1. The summed E-state index contributed by atoms with van der Waals surface area (Å²) >= 11 is 5.03. The Morgan fingerprint density at radius 2 is 1.91 bits per heavy atom. The fourth-order valence-corrected chi connectivity index (χ4v) is 2.14. The summed E-state index contributed by atoms with van der Waals surface area (Å²) in [5.41, 5.74) is 1.95. The van der Waals surface area contributed by atoms with E-state index in [1.807, 2.05) is 24.3 Å². The first kappa shape index (κ1) is 19.0. The second-order valence-electron chi connectivity index (χ2n) is 5.21. The number of hydrogen-bond acceptors (Lipinski definition) is 4. The van der Waals surface area contributed by atoms with E-state index in [-0.39, 0.29) is 29.8 Å². The predicted octanol–water partition coefficient (Wildman–Crippen LogP) is 3.00. The molecule has 1 N–H and O–H groups in total. The lowest BCUT2D eigenvalue weighted by molar-refractivity contribution is -0.119. The van der Waals surface area contributed by atoms with Gasteiger partial charge in [0.2, 0.25) is 5.91 Å². The molecular formula is C18H23NO3S. The Kier molecular flexibility index (Phi) is 8.83. The molecule has 124 valence electrons. The molecule has 0 aromatic heterocycles. The Bertz CT molecular complexity index is 567. The molecule has 0 atom stereocenters. The highest BCUT2D eigenvalue weighted by Crippen LogP contribution is 2.07. The zero-order valence-electron chi connectivity index (χ0n) is 13.6. The van der Waals surface area contributed by atoms with Crippen LogP contribution in [0.5, 0.6) is 0 Å². The van der Waals surface area contributed by atoms with Crippen LogP contribution in [0, 0.1) is 0 Å². The summed E-state index contributed by atoms with van der Waals surface area (Å²) in [6.45, 7) is 3.90. The average Bonchev–Trinajstić information content (AvgIpc) is 2.52. The minimum atomic E-state index is -0.118. The van der Waals surface area contributed by atoms with Gasteiger partial charge in [-0.15, -0.1) is 0 Å². The van der Waals surface area contributed by atoms with Crippen LogP contribution in [0.25, 0.3) is 0 Å². The van der Waals surface area contributed by atoms with Gasteiger partial charge in [-0.1, -0.05) is 36.4 Å². The van der Waals surface area contributed by atoms with E-state index in [4.69, 9.17) is 17.0 Å². The topological polar surface area (TPSA) is 55.4 Å². The van der Waals surface area contributed by atoms with E-state index in [9.17, 15) is 9.59 Å². The lowest BCUT2D eigenvalue weighted by Crippen LogP contribution is -2.25. The number of amides is 1. The van der Waals surface area contributed by atoms with Crippen LogP contribution in [0.2, 0.25) is 0 Å². The van der Waals surface area contributed by atoms with E-state index in [0.717, 1.165) is 12.8 Å². The number of benzene rings is 1. The fourth-order valence-electron chi connectivity index (χ4n) is 1.93. The predicted molar refractivity (Wildman–Crippen MR) is 95.4 cm³/mol. The maximum atomic E-state index is 12.0. The first-order chi connectivity index (χ1) is 11.0. The molecule has 0 saturated heterocycles. The van der Waals surface area contributed by atoms with Crippen molar-refractivity contribution in [1.29, 1.82) is 0 Å². The van der Waals surface area contributed by atoms with Gasteiger partial charge in [0.25, 0.3) is 0 Å². The molecule has 0 bridgehead atoms. The molecule has 0 fully saturated rings. The average molecular weight is 333 g/mol. The summed E-state index contributed by atoms with van der Waals surface area (Å²) in [4.78, 5) is 22.7. The third kappa shape index (κ3) is 8.88. The van der Waals surface area contributed by atoms with Crippen LogP contribution in [0.4, 0.5) is 0 Å². The first-order valence-corrected chi connectivity index (χ1v) is 8.04. The number of ether oxygens (including phenoxy) is 1.